The van der Waals surface area contributed by atoms with Crippen LogP contribution in [-0.4, -0.2) is 41.4 Å². The van der Waals surface area contributed by atoms with Crippen molar-refractivity contribution in [1.29, 1.82) is 0 Å². The molecule has 0 aliphatic carbocycles. The van der Waals surface area contributed by atoms with Crippen molar-refractivity contribution in [2.45, 2.75) is 52.6 Å². The second kappa shape index (κ2) is 9.08. The molecule has 2 N–H and O–H groups in total. The van der Waals surface area contributed by atoms with Crippen LogP contribution in [0.1, 0.15) is 50.4 Å². The molecule has 0 bridgehead atoms. The first kappa shape index (κ1) is 21.7. The topological polar surface area (TPSA) is 80.6 Å². The number of aromatic nitrogens is 1. The van der Waals surface area contributed by atoms with Gasteiger partial charge in [0.2, 0.25) is 0 Å². The Hall–Kier alpha value is -2.57. The van der Waals surface area contributed by atoms with Gasteiger partial charge in [-0.2, -0.15) is 0 Å². The fraction of sp³-hybridized carbons (Fsp3) is 0.524. The Balaban J connectivity index is 2.34. The lowest BCUT2D eigenvalue weighted by Gasteiger charge is -2.28. The maximum absolute atomic E-state index is 13.0. The molecule has 0 saturated heterocycles. The number of amides is 1. The number of carbonyl (C=O) groups is 2. The number of unbranched alkanes of at least 4 members (excludes halogenated alkanes) is 2. The molecule has 28 heavy (non-hydrogen) atoms. The third-order valence-electron chi connectivity index (χ3n) is 4.72. The SMILES string of the molecule is COC(=O)C(NC(=O)c1cn(CCCCCF)c2cc(O)ccc12)C(C)(C)C. The van der Waals surface area contributed by atoms with Crippen LogP contribution >= 0.6 is 0 Å². The molecule has 0 fully saturated rings. The number of carbonyl (C=O) groups excluding carboxylic acids is 2. The van der Waals surface area contributed by atoms with Crippen LogP contribution in [0.3, 0.4) is 0 Å². The van der Waals surface area contributed by atoms with Gasteiger partial charge in [0.1, 0.15) is 11.8 Å². The summed E-state index contributed by atoms with van der Waals surface area (Å²) in [5.74, 6) is -0.790. The third kappa shape index (κ3) is 5.03. The number of nitrogens with zero attached hydrogens (tertiary/aromatic N) is 1. The number of benzene rings is 1. The van der Waals surface area contributed by atoms with E-state index in [0.29, 0.717) is 23.9 Å². The Morgan fingerprint density at radius 2 is 1.96 bits per heavy atom. The zero-order chi connectivity index (χ0) is 20.9. The van der Waals surface area contributed by atoms with Crippen LogP contribution in [0.25, 0.3) is 10.9 Å². The molecule has 1 unspecified atom stereocenters. The van der Waals surface area contributed by atoms with E-state index in [0.717, 1.165) is 18.4 Å². The van der Waals surface area contributed by atoms with E-state index in [2.05, 4.69) is 5.32 Å². The quantitative estimate of drug-likeness (QED) is 0.529. The first-order valence-corrected chi connectivity index (χ1v) is 9.45. The Morgan fingerprint density at radius 3 is 2.57 bits per heavy atom. The summed E-state index contributed by atoms with van der Waals surface area (Å²) in [5, 5.41) is 13.3. The molecule has 6 nitrogen and oxygen atoms in total. The predicted octanol–water partition coefficient (Wildman–Crippen LogP) is 3.80. The summed E-state index contributed by atoms with van der Waals surface area (Å²) >= 11 is 0. The molecule has 0 aliphatic rings. The van der Waals surface area contributed by atoms with Gasteiger partial charge in [-0.05, 0) is 36.8 Å². The summed E-state index contributed by atoms with van der Waals surface area (Å²) in [6, 6.07) is 4.00. The van der Waals surface area contributed by atoms with Crippen LogP contribution in [0.5, 0.6) is 5.75 Å². The van der Waals surface area contributed by atoms with E-state index in [1.165, 1.54) is 13.2 Å². The fourth-order valence-corrected chi connectivity index (χ4v) is 3.16. The van der Waals surface area contributed by atoms with Gasteiger partial charge in [-0.15, -0.1) is 0 Å². The highest BCUT2D eigenvalue weighted by Crippen LogP contribution is 2.27. The number of aromatic hydroxyl groups is 1. The summed E-state index contributed by atoms with van der Waals surface area (Å²) < 4.78 is 19.0. The minimum Gasteiger partial charge on any atom is -0.508 e. The van der Waals surface area contributed by atoms with Crippen LogP contribution in [0.2, 0.25) is 0 Å². The molecular formula is C21H29FN2O4. The number of alkyl halides is 1. The first-order valence-electron chi connectivity index (χ1n) is 9.45. The summed E-state index contributed by atoms with van der Waals surface area (Å²) in [4.78, 5) is 25.1. The average molecular weight is 392 g/mol. The number of methoxy groups -OCH3 is 1. The monoisotopic (exact) mass is 392 g/mol. The summed E-state index contributed by atoms with van der Waals surface area (Å²) in [6.07, 6.45) is 3.72. The minimum atomic E-state index is -0.801. The van der Waals surface area contributed by atoms with Crippen molar-refractivity contribution >= 4 is 22.8 Å². The molecule has 1 amide bonds. The van der Waals surface area contributed by atoms with Crippen LogP contribution in [0.4, 0.5) is 4.39 Å². The van der Waals surface area contributed by atoms with E-state index in [1.807, 2.05) is 25.3 Å². The highest BCUT2D eigenvalue weighted by atomic mass is 19.1. The number of fused-ring (bicyclic) bond motifs is 1. The van der Waals surface area contributed by atoms with Crippen LogP contribution in [0, 0.1) is 5.41 Å². The lowest BCUT2D eigenvalue weighted by molar-refractivity contribution is -0.145. The molecule has 0 spiro atoms. The average Bonchev–Trinajstić information content (AvgIpc) is 2.99. The van der Waals surface area contributed by atoms with Crippen molar-refractivity contribution in [2.75, 3.05) is 13.8 Å². The minimum absolute atomic E-state index is 0.102. The van der Waals surface area contributed by atoms with E-state index >= 15 is 0 Å². The van der Waals surface area contributed by atoms with Gasteiger partial charge in [0.05, 0.1) is 24.9 Å². The highest BCUT2D eigenvalue weighted by molar-refractivity contribution is 6.08. The largest absolute Gasteiger partial charge is 0.508 e. The van der Waals surface area contributed by atoms with E-state index in [-0.39, 0.29) is 18.3 Å². The Labute approximate surface area is 164 Å². The van der Waals surface area contributed by atoms with Crippen molar-refractivity contribution in [1.82, 2.24) is 9.88 Å². The predicted molar refractivity (Wildman–Crippen MR) is 106 cm³/mol. The van der Waals surface area contributed by atoms with Crippen molar-refractivity contribution in [3.05, 3.63) is 30.0 Å². The van der Waals surface area contributed by atoms with Gasteiger partial charge in [0, 0.05) is 24.2 Å². The Kier molecular flexibility index (Phi) is 7.05. The number of nitrogens with one attached hydrogen (secondary N) is 1. The van der Waals surface area contributed by atoms with Gasteiger partial charge in [-0.3, -0.25) is 9.18 Å². The van der Waals surface area contributed by atoms with E-state index in [4.69, 9.17) is 4.74 Å². The van der Waals surface area contributed by atoms with Crippen LogP contribution < -0.4 is 5.32 Å². The Morgan fingerprint density at radius 1 is 1.25 bits per heavy atom. The van der Waals surface area contributed by atoms with Crippen molar-refractivity contribution in [3.63, 3.8) is 0 Å². The summed E-state index contributed by atoms with van der Waals surface area (Å²) in [5.41, 5.74) is 0.612. The van der Waals surface area contributed by atoms with Crippen LogP contribution in [0.15, 0.2) is 24.4 Å². The van der Waals surface area contributed by atoms with E-state index < -0.39 is 17.4 Å². The number of esters is 1. The number of ether oxygens (including phenoxy) is 1. The van der Waals surface area contributed by atoms with Crippen molar-refractivity contribution in [3.8, 4) is 5.75 Å². The van der Waals surface area contributed by atoms with E-state index in [9.17, 15) is 19.1 Å². The number of hydrogen-bond donors (Lipinski definition) is 2. The lowest BCUT2D eigenvalue weighted by Crippen LogP contribution is -2.49. The maximum Gasteiger partial charge on any atom is 0.328 e. The van der Waals surface area contributed by atoms with Crippen molar-refractivity contribution < 1.29 is 23.8 Å². The van der Waals surface area contributed by atoms with E-state index in [1.54, 1.807) is 18.3 Å². The molecule has 1 aromatic carbocycles. The van der Waals surface area contributed by atoms with Gasteiger partial charge in [0.15, 0.2) is 0 Å². The molecule has 0 aliphatic heterocycles. The number of halogens is 1. The highest BCUT2D eigenvalue weighted by Gasteiger charge is 2.34. The van der Waals surface area contributed by atoms with Gasteiger partial charge in [-0.25, -0.2) is 4.79 Å². The van der Waals surface area contributed by atoms with Gasteiger partial charge in [0.25, 0.3) is 5.91 Å². The van der Waals surface area contributed by atoms with Gasteiger partial charge < -0.3 is 19.7 Å². The standard InChI is InChI=1S/C21H29FN2O4/c1-21(2,3)18(20(27)28-4)23-19(26)16-13-24(11-7-5-6-10-22)17-12-14(25)8-9-15(16)17/h8-9,12-13,18,25H,5-7,10-11H2,1-4H3,(H,23,26). The second-order valence-corrected chi connectivity index (χ2v) is 7.98. The molecule has 1 atom stereocenters. The lowest BCUT2D eigenvalue weighted by atomic mass is 9.86. The number of rotatable bonds is 8. The first-order chi connectivity index (χ1) is 13.2. The van der Waals surface area contributed by atoms with Crippen LogP contribution in [-0.2, 0) is 16.1 Å². The fourth-order valence-electron chi connectivity index (χ4n) is 3.16. The molecule has 2 rings (SSSR count). The summed E-state index contributed by atoms with van der Waals surface area (Å²) in [6.45, 7) is 5.80. The normalized spacial score (nSPS) is 12.8. The second-order valence-electron chi connectivity index (χ2n) is 7.98. The molecule has 7 heteroatoms. The number of phenols is 1. The zero-order valence-corrected chi connectivity index (χ0v) is 16.9. The molecule has 1 heterocycles. The molecule has 1 aromatic heterocycles. The smallest absolute Gasteiger partial charge is 0.328 e. The molecule has 154 valence electrons. The molecule has 0 saturated carbocycles. The zero-order valence-electron chi connectivity index (χ0n) is 16.9. The van der Waals surface area contributed by atoms with Gasteiger partial charge >= 0.3 is 5.97 Å². The van der Waals surface area contributed by atoms with Crippen molar-refractivity contribution in [2.24, 2.45) is 5.41 Å². The molecule has 0 radical (unpaired) electrons. The maximum atomic E-state index is 13.0. The molecular weight excluding hydrogens is 363 g/mol. The number of aryl methyl sites for hydroxylation is 1. The van der Waals surface area contributed by atoms with Gasteiger partial charge in [-0.1, -0.05) is 20.8 Å². The summed E-state index contributed by atoms with van der Waals surface area (Å²) in [7, 11) is 1.29. The molecule has 2 aromatic rings. The number of hydrogen-bond acceptors (Lipinski definition) is 4. The third-order valence-corrected chi connectivity index (χ3v) is 4.72. The number of phenolic OH excluding ortho intramolecular Hbond substituents is 1. The Bertz CT molecular complexity index is 839.